The average molecular weight is 455 g/mol. The number of rotatable bonds is 0. The zero-order valence-electron chi connectivity index (χ0n) is 14.7. The third-order valence-electron chi connectivity index (χ3n) is 4.89. The summed E-state index contributed by atoms with van der Waals surface area (Å²) in [5.41, 5.74) is 1.01. The van der Waals surface area contributed by atoms with Gasteiger partial charge in [0, 0.05) is 34.1 Å². The van der Waals surface area contributed by atoms with Crippen LogP contribution in [0.5, 0.6) is 0 Å². The van der Waals surface area contributed by atoms with Gasteiger partial charge in [-0.15, -0.1) is 0 Å². The molecule has 2 aliphatic rings. The Labute approximate surface area is 160 Å². The number of nitrogens with zero attached hydrogens (tertiary/aromatic N) is 1. The van der Waals surface area contributed by atoms with Gasteiger partial charge in [0.25, 0.3) is 0 Å². The zero-order valence-corrected chi connectivity index (χ0v) is 16.9. The van der Waals surface area contributed by atoms with Crippen molar-refractivity contribution in [2.45, 2.75) is 44.8 Å². The van der Waals surface area contributed by atoms with E-state index < -0.39 is 11.1 Å². The summed E-state index contributed by atoms with van der Waals surface area (Å²) in [4.78, 5) is 14.7. The van der Waals surface area contributed by atoms with E-state index in [1.165, 1.54) is 5.56 Å². The van der Waals surface area contributed by atoms with Gasteiger partial charge in [-0.3, -0.25) is 4.90 Å². The molecular formula is C19H22INO4. The Morgan fingerprint density at radius 3 is 2.84 bits per heavy atom. The fraction of sp³-hybridized carbons (Fsp3) is 0.526. The first-order chi connectivity index (χ1) is 11.8. The van der Waals surface area contributed by atoms with E-state index in [2.05, 4.69) is 40.8 Å². The molecule has 134 valence electrons. The molecule has 1 spiro atoms. The molecule has 1 atom stereocenters. The van der Waals surface area contributed by atoms with Crippen LogP contribution >= 0.6 is 22.6 Å². The van der Waals surface area contributed by atoms with Crippen molar-refractivity contribution in [1.29, 1.82) is 0 Å². The van der Waals surface area contributed by atoms with Crippen LogP contribution in [0.15, 0.2) is 22.6 Å². The molecule has 6 heteroatoms. The van der Waals surface area contributed by atoms with Gasteiger partial charge in [0.15, 0.2) is 0 Å². The fourth-order valence-electron chi connectivity index (χ4n) is 3.84. The van der Waals surface area contributed by atoms with Crippen LogP contribution < -0.4 is 0 Å². The molecule has 0 saturated carbocycles. The lowest BCUT2D eigenvalue weighted by atomic mass is 9.85. The number of fused-ring (bicyclic) bond motifs is 4. The summed E-state index contributed by atoms with van der Waals surface area (Å²) in [5.74, 6) is 0.874. The first-order valence-electron chi connectivity index (χ1n) is 8.60. The molecule has 1 saturated heterocycles. The quantitative estimate of drug-likeness (QED) is 0.551. The lowest BCUT2D eigenvalue weighted by Gasteiger charge is -2.42. The average Bonchev–Trinajstić information content (AvgIpc) is 3.11. The summed E-state index contributed by atoms with van der Waals surface area (Å²) in [6, 6.07) is 6.26. The van der Waals surface area contributed by atoms with Crippen molar-refractivity contribution in [3.05, 3.63) is 33.1 Å². The number of benzene rings is 1. The Bertz CT molecular complexity index is 830. The molecular weight excluding hydrogens is 433 g/mol. The molecule has 1 aromatic heterocycles. The summed E-state index contributed by atoms with van der Waals surface area (Å²) in [6.45, 7) is 7.36. The molecule has 0 radical (unpaired) electrons. The largest absolute Gasteiger partial charge is 0.458 e. The predicted octanol–water partition coefficient (Wildman–Crippen LogP) is 4.45. The van der Waals surface area contributed by atoms with Crippen molar-refractivity contribution < 1.29 is 18.7 Å². The Kier molecular flexibility index (Phi) is 4.03. The van der Waals surface area contributed by atoms with E-state index in [4.69, 9.17) is 13.9 Å². The zero-order chi connectivity index (χ0) is 17.8. The maximum Gasteiger partial charge on any atom is 0.411 e. The van der Waals surface area contributed by atoms with Gasteiger partial charge in [-0.2, -0.15) is 0 Å². The van der Waals surface area contributed by atoms with Crippen LogP contribution in [0.4, 0.5) is 4.79 Å². The Morgan fingerprint density at radius 1 is 1.36 bits per heavy atom. The Balaban J connectivity index is 1.81. The highest BCUT2D eigenvalue weighted by atomic mass is 127. The first kappa shape index (κ1) is 17.1. The predicted molar refractivity (Wildman–Crippen MR) is 103 cm³/mol. The molecule has 3 heterocycles. The first-order valence-corrected chi connectivity index (χ1v) is 9.68. The molecule has 5 nitrogen and oxygen atoms in total. The second-order valence-corrected chi connectivity index (χ2v) is 9.01. The molecule has 0 unspecified atom stereocenters. The van der Waals surface area contributed by atoms with Crippen LogP contribution in [0.25, 0.3) is 11.0 Å². The van der Waals surface area contributed by atoms with E-state index in [1.807, 2.05) is 25.7 Å². The monoisotopic (exact) mass is 455 g/mol. The highest BCUT2D eigenvalue weighted by molar-refractivity contribution is 14.1. The van der Waals surface area contributed by atoms with Gasteiger partial charge in [0.1, 0.15) is 22.5 Å². The second-order valence-electron chi connectivity index (χ2n) is 7.77. The standard InChI is InChI=1S/C19H22INO4/c1-18(2,3)25-17(22)21-8-6-14-13-5-4-12(20)10-15(13)24-16(14)19(21)7-9-23-11-19/h4-5,10H,6-9,11H2,1-3H3/t19-/m1/s1. The van der Waals surface area contributed by atoms with E-state index in [9.17, 15) is 4.79 Å². The molecule has 0 bridgehead atoms. The van der Waals surface area contributed by atoms with Crippen LogP contribution in [0.3, 0.4) is 0 Å². The minimum Gasteiger partial charge on any atom is -0.458 e. The number of amides is 1. The smallest absolute Gasteiger partial charge is 0.411 e. The van der Waals surface area contributed by atoms with E-state index >= 15 is 0 Å². The third-order valence-corrected chi connectivity index (χ3v) is 5.57. The van der Waals surface area contributed by atoms with Crippen molar-refractivity contribution in [1.82, 2.24) is 4.90 Å². The third kappa shape index (κ3) is 2.83. The number of ether oxygens (including phenoxy) is 2. The number of hydrogen-bond acceptors (Lipinski definition) is 4. The Morgan fingerprint density at radius 2 is 2.16 bits per heavy atom. The van der Waals surface area contributed by atoms with Gasteiger partial charge >= 0.3 is 6.09 Å². The minimum atomic E-state index is -0.555. The fourth-order valence-corrected chi connectivity index (χ4v) is 4.30. The summed E-state index contributed by atoms with van der Waals surface area (Å²) < 4.78 is 18.8. The van der Waals surface area contributed by atoms with Gasteiger partial charge in [-0.1, -0.05) is 0 Å². The molecule has 1 amide bonds. The molecule has 0 N–H and O–H groups in total. The lowest BCUT2D eigenvalue weighted by molar-refractivity contribution is -0.0172. The van der Waals surface area contributed by atoms with Crippen molar-refractivity contribution in [3.63, 3.8) is 0 Å². The number of hydrogen-bond donors (Lipinski definition) is 0. The maximum absolute atomic E-state index is 12.9. The molecule has 4 rings (SSSR count). The summed E-state index contributed by atoms with van der Waals surface area (Å²) in [7, 11) is 0. The van der Waals surface area contributed by atoms with Gasteiger partial charge in [0.05, 0.1) is 6.61 Å². The van der Waals surface area contributed by atoms with Crippen molar-refractivity contribution in [3.8, 4) is 0 Å². The summed E-state index contributed by atoms with van der Waals surface area (Å²) in [5, 5.41) is 1.14. The van der Waals surface area contributed by atoms with E-state index in [1.54, 1.807) is 0 Å². The molecule has 0 aliphatic carbocycles. The maximum atomic E-state index is 12.9. The van der Waals surface area contributed by atoms with Crippen LogP contribution in [-0.2, 0) is 21.4 Å². The lowest BCUT2D eigenvalue weighted by Crippen LogP contribution is -2.54. The van der Waals surface area contributed by atoms with Crippen molar-refractivity contribution in [2.24, 2.45) is 0 Å². The number of halogens is 1. The summed E-state index contributed by atoms with van der Waals surface area (Å²) >= 11 is 2.29. The van der Waals surface area contributed by atoms with Crippen molar-refractivity contribution in [2.75, 3.05) is 19.8 Å². The Hall–Kier alpha value is -1.28. The van der Waals surface area contributed by atoms with E-state index in [0.717, 1.165) is 33.1 Å². The molecule has 1 fully saturated rings. The molecule has 2 aliphatic heterocycles. The SMILES string of the molecule is CC(C)(C)OC(=O)N1CCc2c(oc3cc(I)ccc23)[C@]12CCOC2. The minimum absolute atomic E-state index is 0.293. The van der Waals surface area contributed by atoms with Crippen LogP contribution in [0.1, 0.15) is 38.5 Å². The van der Waals surface area contributed by atoms with Gasteiger partial charge < -0.3 is 13.9 Å². The number of furan rings is 1. The van der Waals surface area contributed by atoms with Gasteiger partial charge in [-0.25, -0.2) is 4.79 Å². The van der Waals surface area contributed by atoms with Gasteiger partial charge in [0.2, 0.25) is 0 Å². The molecule has 1 aromatic carbocycles. The van der Waals surface area contributed by atoms with Crippen molar-refractivity contribution >= 4 is 39.7 Å². The van der Waals surface area contributed by atoms with Crippen LogP contribution in [0, 0.1) is 3.57 Å². The van der Waals surface area contributed by atoms with E-state index in [-0.39, 0.29) is 6.09 Å². The molecule has 2 aromatic rings. The van der Waals surface area contributed by atoms with Crippen LogP contribution in [-0.4, -0.2) is 36.4 Å². The normalized spacial score (nSPS) is 23.3. The number of carbonyl (C=O) groups is 1. The van der Waals surface area contributed by atoms with E-state index in [0.29, 0.717) is 19.8 Å². The van der Waals surface area contributed by atoms with Crippen LogP contribution in [0.2, 0.25) is 0 Å². The highest BCUT2D eigenvalue weighted by Crippen LogP contribution is 2.46. The topological polar surface area (TPSA) is 51.9 Å². The number of carbonyl (C=O) groups excluding carboxylic acids is 1. The molecule has 25 heavy (non-hydrogen) atoms. The summed E-state index contributed by atoms with van der Waals surface area (Å²) in [6.07, 6.45) is 1.21. The second kappa shape index (κ2) is 5.87. The highest BCUT2D eigenvalue weighted by Gasteiger charge is 2.52. The van der Waals surface area contributed by atoms with Gasteiger partial charge in [-0.05, 0) is 68.0 Å².